The van der Waals surface area contributed by atoms with Crippen molar-refractivity contribution in [3.63, 3.8) is 0 Å². The van der Waals surface area contributed by atoms with Gasteiger partial charge in [0.05, 0.1) is 5.69 Å². The molecule has 1 saturated heterocycles. The van der Waals surface area contributed by atoms with E-state index in [4.69, 9.17) is 9.40 Å². The zero-order valence-electron chi connectivity index (χ0n) is 14.2. The zero-order chi connectivity index (χ0) is 17.3. The zero-order valence-corrected chi connectivity index (χ0v) is 15.8. The van der Waals surface area contributed by atoms with Crippen LogP contribution in [-0.4, -0.2) is 41.0 Å². The van der Waals surface area contributed by atoms with Crippen molar-refractivity contribution in [1.29, 1.82) is 0 Å². The van der Waals surface area contributed by atoms with Crippen LogP contribution in [0.5, 0.6) is 0 Å². The lowest BCUT2D eigenvalue weighted by atomic mass is 10.3. The minimum absolute atomic E-state index is 0.735. The molecule has 5 nitrogen and oxygen atoms in total. The summed E-state index contributed by atoms with van der Waals surface area (Å²) in [4.78, 5) is 14.1. The van der Waals surface area contributed by atoms with E-state index in [0.717, 1.165) is 60.5 Å². The maximum Gasteiger partial charge on any atom is 0.298 e. The Bertz CT molecular complexity index is 967. The monoisotopic (exact) mass is 382 g/mol. The summed E-state index contributed by atoms with van der Waals surface area (Å²) in [6, 6.07) is 10.8. The van der Waals surface area contributed by atoms with Crippen LogP contribution in [0.3, 0.4) is 0 Å². The predicted molar refractivity (Wildman–Crippen MR) is 107 cm³/mol. The van der Waals surface area contributed by atoms with E-state index >= 15 is 0 Å². The van der Waals surface area contributed by atoms with Gasteiger partial charge in [0.2, 0.25) is 0 Å². The van der Waals surface area contributed by atoms with Crippen molar-refractivity contribution in [2.75, 3.05) is 31.1 Å². The second kappa shape index (κ2) is 6.83. The Hall–Kier alpha value is -2.22. The van der Waals surface area contributed by atoms with Gasteiger partial charge in [-0.15, -0.1) is 11.3 Å². The van der Waals surface area contributed by atoms with Gasteiger partial charge in [-0.25, -0.2) is 4.98 Å². The lowest BCUT2D eigenvalue weighted by molar-refractivity contribution is 0.243. The molecule has 0 atom stereocenters. The molecule has 5 rings (SSSR count). The summed E-state index contributed by atoms with van der Waals surface area (Å²) in [5.41, 5.74) is 4.17. The van der Waals surface area contributed by atoms with E-state index < -0.39 is 0 Å². The third-order valence-corrected chi connectivity index (χ3v) is 6.25. The number of aromatic nitrogens is 2. The van der Waals surface area contributed by atoms with Crippen LogP contribution < -0.4 is 4.90 Å². The predicted octanol–water partition coefficient (Wildman–Crippen LogP) is 4.34. The number of benzene rings is 1. The molecule has 1 fully saturated rings. The van der Waals surface area contributed by atoms with Gasteiger partial charge in [-0.05, 0) is 23.6 Å². The van der Waals surface area contributed by atoms with Crippen molar-refractivity contribution in [2.45, 2.75) is 6.54 Å². The topological polar surface area (TPSA) is 45.4 Å². The van der Waals surface area contributed by atoms with Crippen LogP contribution in [0.25, 0.3) is 21.7 Å². The van der Waals surface area contributed by atoms with Gasteiger partial charge < -0.3 is 9.32 Å². The molecule has 0 N–H and O–H groups in total. The molecular formula is C19H18N4OS2. The van der Waals surface area contributed by atoms with E-state index in [9.17, 15) is 0 Å². The highest BCUT2D eigenvalue weighted by Gasteiger charge is 2.21. The van der Waals surface area contributed by atoms with E-state index in [0.29, 0.717) is 0 Å². The molecule has 132 valence electrons. The maximum absolute atomic E-state index is 5.89. The number of thiazole rings is 1. The molecule has 7 heteroatoms. The summed E-state index contributed by atoms with van der Waals surface area (Å²) in [5, 5.41) is 7.55. The van der Waals surface area contributed by atoms with E-state index in [1.165, 1.54) is 5.56 Å². The van der Waals surface area contributed by atoms with Crippen molar-refractivity contribution in [1.82, 2.24) is 14.9 Å². The van der Waals surface area contributed by atoms with Crippen LogP contribution in [0, 0.1) is 0 Å². The number of anilines is 1. The van der Waals surface area contributed by atoms with Gasteiger partial charge in [0.25, 0.3) is 6.01 Å². The average molecular weight is 383 g/mol. The number of piperazine rings is 1. The molecule has 1 aromatic carbocycles. The van der Waals surface area contributed by atoms with Crippen LogP contribution in [0.15, 0.2) is 50.9 Å². The number of para-hydroxylation sites is 2. The number of fused-ring (bicyclic) bond motifs is 1. The molecule has 0 aliphatic carbocycles. The van der Waals surface area contributed by atoms with Crippen molar-refractivity contribution in [3.8, 4) is 10.6 Å². The first kappa shape index (κ1) is 16.0. The summed E-state index contributed by atoms with van der Waals surface area (Å²) < 4.78 is 5.89. The SMILES string of the molecule is c1ccc2oc(N3CCN(Cc4csc(-c5ccsc5)n4)CC3)nc2c1. The van der Waals surface area contributed by atoms with Gasteiger partial charge in [-0.2, -0.15) is 16.3 Å². The van der Waals surface area contributed by atoms with Crippen molar-refractivity contribution in [2.24, 2.45) is 0 Å². The molecule has 1 aliphatic heterocycles. The Morgan fingerprint density at radius 1 is 1.00 bits per heavy atom. The summed E-state index contributed by atoms with van der Waals surface area (Å²) in [6.07, 6.45) is 0. The highest BCUT2D eigenvalue weighted by atomic mass is 32.1. The fraction of sp³-hybridized carbons (Fsp3) is 0.263. The largest absolute Gasteiger partial charge is 0.423 e. The second-order valence-electron chi connectivity index (χ2n) is 6.38. The van der Waals surface area contributed by atoms with Crippen LogP contribution in [0.2, 0.25) is 0 Å². The Morgan fingerprint density at radius 2 is 1.88 bits per heavy atom. The molecule has 4 heterocycles. The number of hydrogen-bond acceptors (Lipinski definition) is 7. The Morgan fingerprint density at radius 3 is 2.69 bits per heavy atom. The van der Waals surface area contributed by atoms with Crippen molar-refractivity contribution >= 4 is 39.8 Å². The molecule has 3 aromatic heterocycles. The summed E-state index contributed by atoms with van der Waals surface area (Å²) in [7, 11) is 0. The molecule has 0 unspecified atom stereocenters. The minimum Gasteiger partial charge on any atom is -0.423 e. The first-order valence-corrected chi connectivity index (χ1v) is 10.5. The Kier molecular flexibility index (Phi) is 4.20. The summed E-state index contributed by atoms with van der Waals surface area (Å²) in [6.45, 7) is 4.73. The fourth-order valence-corrected chi connectivity index (χ4v) is 4.74. The molecule has 0 spiro atoms. The summed E-state index contributed by atoms with van der Waals surface area (Å²) in [5.74, 6) is 0. The van der Waals surface area contributed by atoms with Gasteiger partial charge in [-0.1, -0.05) is 12.1 Å². The van der Waals surface area contributed by atoms with E-state index in [-0.39, 0.29) is 0 Å². The van der Waals surface area contributed by atoms with Crippen LogP contribution in [-0.2, 0) is 6.54 Å². The molecule has 0 amide bonds. The third-order valence-electron chi connectivity index (χ3n) is 4.63. The summed E-state index contributed by atoms with van der Waals surface area (Å²) >= 11 is 3.44. The number of rotatable bonds is 4. The van der Waals surface area contributed by atoms with Gasteiger partial charge >= 0.3 is 0 Å². The number of oxazole rings is 1. The van der Waals surface area contributed by atoms with Gasteiger partial charge in [0, 0.05) is 49.0 Å². The van der Waals surface area contributed by atoms with E-state index in [2.05, 4.69) is 37.0 Å². The standard InChI is InChI=1S/C19H18N4OS2/c1-2-4-17-16(3-1)21-19(24-17)23-8-6-22(7-9-23)11-15-13-26-18(20-15)14-5-10-25-12-14/h1-5,10,12-13H,6-9,11H2. The molecule has 26 heavy (non-hydrogen) atoms. The Balaban J connectivity index is 1.22. The lowest BCUT2D eigenvalue weighted by Gasteiger charge is -2.33. The molecule has 0 saturated carbocycles. The van der Waals surface area contributed by atoms with Gasteiger partial charge in [0.1, 0.15) is 10.5 Å². The quantitative estimate of drug-likeness (QED) is 0.525. The van der Waals surface area contributed by atoms with E-state index in [1.54, 1.807) is 22.7 Å². The first-order valence-electron chi connectivity index (χ1n) is 8.65. The average Bonchev–Trinajstić information content (AvgIpc) is 3.42. The van der Waals surface area contributed by atoms with Gasteiger partial charge in [-0.3, -0.25) is 4.90 Å². The Labute approximate surface area is 159 Å². The molecule has 0 radical (unpaired) electrons. The normalized spacial score (nSPS) is 15.8. The van der Waals surface area contributed by atoms with Gasteiger partial charge in [0.15, 0.2) is 5.58 Å². The third kappa shape index (κ3) is 3.13. The molecule has 1 aliphatic rings. The van der Waals surface area contributed by atoms with E-state index in [1.807, 2.05) is 24.3 Å². The van der Waals surface area contributed by atoms with Crippen LogP contribution in [0.4, 0.5) is 6.01 Å². The molecule has 4 aromatic rings. The van der Waals surface area contributed by atoms with Crippen LogP contribution >= 0.6 is 22.7 Å². The second-order valence-corrected chi connectivity index (χ2v) is 8.02. The number of hydrogen-bond donors (Lipinski definition) is 0. The van der Waals surface area contributed by atoms with Crippen LogP contribution in [0.1, 0.15) is 5.69 Å². The number of nitrogens with zero attached hydrogens (tertiary/aromatic N) is 4. The highest BCUT2D eigenvalue weighted by Crippen LogP contribution is 2.27. The van der Waals surface area contributed by atoms with Crippen molar-refractivity contribution < 1.29 is 4.42 Å². The number of thiophene rings is 1. The molecule has 0 bridgehead atoms. The fourth-order valence-electron chi connectivity index (χ4n) is 3.22. The highest BCUT2D eigenvalue weighted by molar-refractivity contribution is 7.14. The lowest BCUT2D eigenvalue weighted by Crippen LogP contribution is -2.46. The maximum atomic E-state index is 5.89. The smallest absolute Gasteiger partial charge is 0.298 e. The molecular weight excluding hydrogens is 364 g/mol. The minimum atomic E-state index is 0.735. The van der Waals surface area contributed by atoms with Crippen molar-refractivity contribution in [3.05, 3.63) is 52.2 Å². The first-order chi connectivity index (χ1) is 12.8.